The zero-order valence-electron chi connectivity index (χ0n) is 12.8. The SMILES string of the molecule is Clc1cnc(N2CCN(CCOc3ccccc3)CC2)c(Cl)c1. The first-order valence-electron chi connectivity index (χ1n) is 7.68. The predicted molar refractivity (Wildman–Crippen MR) is 94.8 cm³/mol. The molecule has 1 saturated heterocycles. The van der Waals surface area contributed by atoms with Crippen LogP contribution in [0.1, 0.15) is 0 Å². The van der Waals surface area contributed by atoms with E-state index in [0.717, 1.165) is 44.3 Å². The number of aromatic nitrogens is 1. The van der Waals surface area contributed by atoms with E-state index in [4.69, 9.17) is 27.9 Å². The van der Waals surface area contributed by atoms with Gasteiger partial charge in [0.2, 0.25) is 0 Å². The lowest BCUT2D eigenvalue weighted by molar-refractivity contribution is 0.200. The summed E-state index contributed by atoms with van der Waals surface area (Å²) in [5, 5.41) is 1.17. The Morgan fingerprint density at radius 2 is 1.78 bits per heavy atom. The minimum absolute atomic E-state index is 0.565. The molecule has 1 aliphatic heterocycles. The van der Waals surface area contributed by atoms with Crippen LogP contribution >= 0.6 is 23.2 Å². The molecule has 3 rings (SSSR count). The van der Waals surface area contributed by atoms with Gasteiger partial charge in [0.1, 0.15) is 18.2 Å². The molecule has 0 radical (unpaired) electrons. The summed E-state index contributed by atoms with van der Waals surface area (Å²) in [6.45, 7) is 5.37. The Balaban J connectivity index is 1.45. The number of pyridine rings is 1. The lowest BCUT2D eigenvalue weighted by Crippen LogP contribution is -2.47. The van der Waals surface area contributed by atoms with Crippen molar-refractivity contribution >= 4 is 29.0 Å². The fourth-order valence-electron chi connectivity index (χ4n) is 2.63. The van der Waals surface area contributed by atoms with Crippen LogP contribution in [0.2, 0.25) is 10.0 Å². The van der Waals surface area contributed by atoms with Crippen molar-refractivity contribution < 1.29 is 4.74 Å². The number of nitrogens with zero attached hydrogens (tertiary/aromatic N) is 3. The molecule has 0 unspecified atom stereocenters. The number of ether oxygens (including phenoxy) is 1. The molecule has 0 bridgehead atoms. The van der Waals surface area contributed by atoms with Crippen LogP contribution in [0.5, 0.6) is 5.75 Å². The Labute approximate surface area is 146 Å². The molecule has 0 atom stereocenters. The maximum Gasteiger partial charge on any atom is 0.147 e. The Kier molecular flexibility index (Phi) is 5.60. The number of halogens is 2. The second-order valence-corrected chi connectivity index (χ2v) is 6.29. The van der Waals surface area contributed by atoms with E-state index in [1.54, 1.807) is 12.3 Å². The van der Waals surface area contributed by atoms with Crippen molar-refractivity contribution in [1.29, 1.82) is 0 Å². The number of para-hydroxylation sites is 1. The topological polar surface area (TPSA) is 28.6 Å². The molecule has 23 heavy (non-hydrogen) atoms. The van der Waals surface area contributed by atoms with Gasteiger partial charge in [-0.2, -0.15) is 0 Å². The summed E-state index contributed by atoms with van der Waals surface area (Å²) in [5.74, 6) is 1.74. The Morgan fingerprint density at radius 1 is 1.04 bits per heavy atom. The monoisotopic (exact) mass is 351 g/mol. The van der Waals surface area contributed by atoms with Crippen LogP contribution in [0.15, 0.2) is 42.6 Å². The van der Waals surface area contributed by atoms with Gasteiger partial charge < -0.3 is 9.64 Å². The van der Waals surface area contributed by atoms with E-state index in [-0.39, 0.29) is 0 Å². The highest BCUT2D eigenvalue weighted by Crippen LogP contribution is 2.26. The third-order valence-corrected chi connectivity index (χ3v) is 4.36. The summed E-state index contributed by atoms with van der Waals surface area (Å²) in [7, 11) is 0. The molecule has 122 valence electrons. The van der Waals surface area contributed by atoms with Crippen LogP contribution in [-0.4, -0.2) is 49.2 Å². The van der Waals surface area contributed by atoms with E-state index in [1.165, 1.54) is 0 Å². The van der Waals surface area contributed by atoms with E-state index in [0.29, 0.717) is 16.7 Å². The fourth-order valence-corrected chi connectivity index (χ4v) is 3.13. The van der Waals surface area contributed by atoms with Gasteiger partial charge in [0, 0.05) is 38.9 Å². The Bertz CT molecular complexity index is 631. The van der Waals surface area contributed by atoms with Crippen molar-refractivity contribution in [2.75, 3.05) is 44.2 Å². The summed E-state index contributed by atoms with van der Waals surface area (Å²) in [4.78, 5) is 8.94. The second-order valence-electron chi connectivity index (χ2n) is 5.45. The van der Waals surface area contributed by atoms with E-state index < -0.39 is 0 Å². The summed E-state index contributed by atoms with van der Waals surface area (Å²) in [5.41, 5.74) is 0. The van der Waals surface area contributed by atoms with Crippen molar-refractivity contribution in [1.82, 2.24) is 9.88 Å². The molecule has 1 aliphatic rings. The summed E-state index contributed by atoms with van der Waals surface area (Å²) < 4.78 is 5.75. The maximum absolute atomic E-state index is 6.23. The second kappa shape index (κ2) is 7.86. The molecule has 0 N–H and O–H groups in total. The largest absolute Gasteiger partial charge is 0.492 e. The summed E-state index contributed by atoms with van der Waals surface area (Å²) in [6.07, 6.45) is 1.64. The zero-order valence-corrected chi connectivity index (χ0v) is 14.3. The molecule has 1 aromatic heterocycles. The average Bonchev–Trinajstić information content (AvgIpc) is 2.57. The summed E-state index contributed by atoms with van der Waals surface area (Å²) in [6, 6.07) is 11.7. The normalized spacial score (nSPS) is 15.7. The van der Waals surface area contributed by atoms with Crippen LogP contribution in [0, 0.1) is 0 Å². The van der Waals surface area contributed by atoms with Gasteiger partial charge in [-0.15, -0.1) is 0 Å². The van der Waals surface area contributed by atoms with Crippen LogP contribution in [0.3, 0.4) is 0 Å². The summed E-state index contributed by atoms with van der Waals surface area (Å²) >= 11 is 12.1. The number of anilines is 1. The van der Waals surface area contributed by atoms with Crippen LogP contribution in [0.4, 0.5) is 5.82 Å². The zero-order chi connectivity index (χ0) is 16.1. The van der Waals surface area contributed by atoms with Gasteiger partial charge in [-0.3, -0.25) is 4.90 Å². The number of hydrogen-bond donors (Lipinski definition) is 0. The van der Waals surface area contributed by atoms with Crippen LogP contribution in [0.25, 0.3) is 0 Å². The van der Waals surface area contributed by atoms with Gasteiger partial charge >= 0.3 is 0 Å². The molecule has 0 aliphatic carbocycles. The molecular formula is C17H19Cl2N3O. The van der Waals surface area contributed by atoms with Crippen LogP contribution < -0.4 is 9.64 Å². The molecule has 4 nitrogen and oxygen atoms in total. The van der Waals surface area contributed by atoms with Crippen molar-refractivity contribution in [3.8, 4) is 5.75 Å². The highest BCUT2D eigenvalue weighted by Gasteiger charge is 2.19. The highest BCUT2D eigenvalue weighted by molar-refractivity contribution is 6.36. The molecule has 2 aromatic rings. The molecule has 6 heteroatoms. The van der Waals surface area contributed by atoms with Crippen molar-refractivity contribution in [3.05, 3.63) is 52.6 Å². The maximum atomic E-state index is 6.23. The van der Waals surface area contributed by atoms with Gasteiger partial charge in [0.05, 0.1) is 10.0 Å². The van der Waals surface area contributed by atoms with E-state index in [2.05, 4.69) is 14.8 Å². The molecule has 2 heterocycles. The average molecular weight is 352 g/mol. The molecule has 1 fully saturated rings. The van der Waals surface area contributed by atoms with Gasteiger partial charge in [-0.25, -0.2) is 4.98 Å². The molecule has 1 aromatic carbocycles. The number of hydrogen-bond acceptors (Lipinski definition) is 4. The number of benzene rings is 1. The van der Waals surface area contributed by atoms with Gasteiger partial charge in [0.15, 0.2) is 0 Å². The predicted octanol–water partition coefficient (Wildman–Crippen LogP) is 3.59. The molecule has 0 saturated carbocycles. The first-order valence-corrected chi connectivity index (χ1v) is 8.44. The third kappa shape index (κ3) is 4.50. The van der Waals surface area contributed by atoms with Crippen molar-refractivity contribution in [2.24, 2.45) is 0 Å². The van der Waals surface area contributed by atoms with E-state index >= 15 is 0 Å². The molecule has 0 amide bonds. The number of rotatable bonds is 5. The lowest BCUT2D eigenvalue weighted by atomic mass is 10.3. The van der Waals surface area contributed by atoms with Gasteiger partial charge in [0.25, 0.3) is 0 Å². The Hall–Kier alpha value is -1.49. The minimum atomic E-state index is 0.565. The molecule has 0 spiro atoms. The quantitative estimate of drug-likeness (QED) is 0.822. The smallest absolute Gasteiger partial charge is 0.147 e. The van der Waals surface area contributed by atoms with Gasteiger partial charge in [-0.1, -0.05) is 41.4 Å². The standard InChI is InChI=1S/C17H19Cl2N3O/c18-14-12-16(19)17(20-13-14)22-8-6-21(7-9-22)10-11-23-15-4-2-1-3-5-15/h1-5,12-13H,6-11H2. The number of piperazine rings is 1. The Morgan fingerprint density at radius 3 is 2.48 bits per heavy atom. The van der Waals surface area contributed by atoms with E-state index in [1.807, 2.05) is 30.3 Å². The van der Waals surface area contributed by atoms with Crippen LogP contribution in [-0.2, 0) is 0 Å². The lowest BCUT2D eigenvalue weighted by Gasteiger charge is -2.35. The highest BCUT2D eigenvalue weighted by atomic mass is 35.5. The first-order chi connectivity index (χ1) is 11.2. The first kappa shape index (κ1) is 16.4. The van der Waals surface area contributed by atoms with Crippen molar-refractivity contribution in [2.45, 2.75) is 0 Å². The minimum Gasteiger partial charge on any atom is -0.492 e. The molecular weight excluding hydrogens is 333 g/mol. The fraction of sp³-hybridized carbons (Fsp3) is 0.353. The van der Waals surface area contributed by atoms with Gasteiger partial charge in [-0.05, 0) is 18.2 Å². The van der Waals surface area contributed by atoms with E-state index in [9.17, 15) is 0 Å². The van der Waals surface area contributed by atoms with Crippen molar-refractivity contribution in [3.63, 3.8) is 0 Å². The third-order valence-electron chi connectivity index (χ3n) is 3.88.